The molecule has 18 heavy (non-hydrogen) atoms. The number of rotatable bonds is 3. The topological polar surface area (TPSA) is 62.2 Å². The number of piperidine rings is 1. The zero-order valence-corrected chi connectivity index (χ0v) is 10.7. The summed E-state index contributed by atoms with van der Waals surface area (Å²) in [6.45, 7) is 4.61. The molecule has 0 bridgehead atoms. The number of hydrogen-bond donors (Lipinski definition) is 1. The number of morpholine rings is 1. The summed E-state index contributed by atoms with van der Waals surface area (Å²) < 4.78 is 10.7. The second-order valence-corrected chi connectivity index (χ2v) is 4.66. The number of carbonyl (C=O) groups excluding carboxylic acids is 1. The van der Waals surface area contributed by atoms with Gasteiger partial charge in [-0.05, 0) is 12.8 Å². The van der Waals surface area contributed by atoms with Crippen LogP contribution in [0.2, 0.25) is 0 Å². The molecule has 0 saturated carbocycles. The fourth-order valence-electron chi connectivity index (χ4n) is 2.39. The van der Waals surface area contributed by atoms with Crippen LogP contribution < -0.4 is 0 Å². The van der Waals surface area contributed by atoms with Gasteiger partial charge in [0.15, 0.2) is 0 Å². The lowest BCUT2D eigenvalue weighted by atomic mass is 10.1. The van der Waals surface area contributed by atoms with Crippen molar-refractivity contribution in [1.29, 1.82) is 0 Å². The Morgan fingerprint density at radius 1 is 1.17 bits per heavy atom. The monoisotopic (exact) mass is 258 g/mol. The van der Waals surface area contributed by atoms with Gasteiger partial charge in [0.2, 0.25) is 0 Å². The highest BCUT2D eigenvalue weighted by atomic mass is 16.5. The van der Waals surface area contributed by atoms with Gasteiger partial charge < -0.3 is 24.4 Å². The molecule has 0 unspecified atom stereocenters. The first-order chi connectivity index (χ1) is 8.81. The minimum Gasteiger partial charge on any atom is -0.394 e. The Morgan fingerprint density at radius 3 is 2.39 bits per heavy atom. The van der Waals surface area contributed by atoms with Crippen LogP contribution in [0.5, 0.6) is 0 Å². The van der Waals surface area contributed by atoms with Crippen LogP contribution in [0.1, 0.15) is 12.8 Å². The smallest absolute Gasteiger partial charge is 0.320 e. The molecule has 2 aliphatic rings. The van der Waals surface area contributed by atoms with Crippen LogP contribution in [0.15, 0.2) is 0 Å². The summed E-state index contributed by atoms with van der Waals surface area (Å²) in [6.07, 6.45) is 1.90. The molecule has 2 saturated heterocycles. The van der Waals surface area contributed by atoms with E-state index in [4.69, 9.17) is 14.6 Å². The van der Waals surface area contributed by atoms with Crippen molar-refractivity contribution in [3.05, 3.63) is 0 Å². The number of hydrogen-bond acceptors (Lipinski definition) is 4. The van der Waals surface area contributed by atoms with E-state index in [1.165, 1.54) is 0 Å². The Hall–Kier alpha value is -0.850. The average molecular weight is 258 g/mol. The van der Waals surface area contributed by atoms with E-state index in [0.29, 0.717) is 32.9 Å². The molecule has 2 amide bonds. The lowest BCUT2D eigenvalue weighted by molar-refractivity contribution is -0.00794. The van der Waals surface area contributed by atoms with Crippen molar-refractivity contribution >= 4 is 6.03 Å². The van der Waals surface area contributed by atoms with Gasteiger partial charge in [0.1, 0.15) is 0 Å². The molecule has 2 rings (SSSR count). The molecule has 1 N–H and O–H groups in total. The SMILES string of the molecule is O=C(N1CCOCC1)N1CCC(OCCO)CC1. The summed E-state index contributed by atoms with van der Waals surface area (Å²) in [5, 5.41) is 8.70. The number of aliphatic hydroxyl groups excluding tert-OH is 1. The Kier molecular flexibility index (Phi) is 5.22. The minimum atomic E-state index is 0.0624. The molecule has 0 aromatic carbocycles. The van der Waals surface area contributed by atoms with E-state index in [1.807, 2.05) is 9.80 Å². The van der Waals surface area contributed by atoms with Crippen molar-refractivity contribution in [1.82, 2.24) is 9.80 Å². The molecule has 2 fully saturated rings. The number of urea groups is 1. The molecule has 104 valence electrons. The first-order valence-corrected chi connectivity index (χ1v) is 6.65. The molecule has 0 spiro atoms. The maximum absolute atomic E-state index is 12.2. The Morgan fingerprint density at radius 2 is 1.78 bits per heavy atom. The van der Waals surface area contributed by atoms with Gasteiger partial charge in [-0.3, -0.25) is 0 Å². The summed E-state index contributed by atoms with van der Waals surface area (Å²) >= 11 is 0. The van der Waals surface area contributed by atoms with Gasteiger partial charge in [-0.15, -0.1) is 0 Å². The summed E-state index contributed by atoms with van der Waals surface area (Å²) in [5.74, 6) is 0. The summed E-state index contributed by atoms with van der Waals surface area (Å²) in [5.41, 5.74) is 0. The van der Waals surface area contributed by atoms with Crippen LogP contribution in [0.4, 0.5) is 4.79 Å². The van der Waals surface area contributed by atoms with E-state index in [2.05, 4.69) is 0 Å². The molecule has 6 heteroatoms. The maximum atomic E-state index is 12.2. The Bertz CT molecular complexity index is 261. The third-order valence-corrected chi connectivity index (χ3v) is 3.44. The molecular weight excluding hydrogens is 236 g/mol. The number of likely N-dealkylation sites (tertiary alicyclic amines) is 1. The van der Waals surface area contributed by atoms with Gasteiger partial charge in [0.05, 0.1) is 32.5 Å². The highest BCUT2D eigenvalue weighted by Gasteiger charge is 2.27. The molecule has 2 aliphatic heterocycles. The van der Waals surface area contributed by atoms with Gasteiger partial charge in [-0.1, -0.05) is 0 Å². The number of ether oxygens (including phenoxy) is 2. The molecule has 2 heterocycles. The molecule has 0 aromatic heterocycles. The lowest BCUT2D eigenvalue weighted by Gasteiger charge is -2.36. The zero-order valence-electron chi connectivity index (χ0n) is 10.7. The van der Waals surface area contributed by atoms with Crippen molar-refractivity contribution in [2.45, 2.75) is 18.9 Å². The quantitative estimate of drug-likeness (QED) is 0.768. The second-order valence-electron chi connectivity index (χ2n) is 4.66. The molecule has 0 atom stereocenters. The first kappa shape index (κ1) is 13.6. The zero-order chi connectivity index (χ0) is 12.8. The van der Waals surface area contributed by atoms with Crippen LogP contribution in [0.3, 0.4) is 0 Å². The molecule has 0 aromatic rings. The van der Waals surface area contributed by atoms with Crippen molar-refractivity contribution in [2.24, 2.45) is 0 Å². The van der Waals surface area contributed by atoms with E-state index in [-0.39, 0.29) is 18.7 Å². The van der Waals surface area contributed by atoms with Gasteiger partial charge in [0, 0.05) is 26.2 Å². The fraction of sp³-hybridized carbons (Fsp3) is 0.917. The summed E-state index contributed by atoms with van der Waals surface area (Å²) in [4.78, 5) is 15.9. The summed E-state index contributed by atoms with van der Waals surface area (Å²) in [7, 11) is 0. The van der Waals surface area contributed by atoms with Crippen LogP contribution in [-0.2, 0) is 9.47 Å². The van der Waals surface area contributed by atoms with Crippen molar-refractivity contribution in [3.8, 4) is 0 Å². The highest BCUT2D eigenvalue weighted by Crippen LogP contribution is 2.15. The van der Waals surface area contributed by atoms with Crippen LogP contribution in [-0.4, -0.2) is 79.6 Å². The lowest BCUT2D eigenvalue weighted by Crippen LogP contribution is -2.51. The second kappa shape index (κ2) is 6.92. The van der Waals surface area contributed by atoms with Gasteiger partial charge >= 0.3 is 6.03 Å². The molecule has 0 radical (unpaired) electrons. The fourth-order valence-corrected chi connectivity index (χ4v) is 2.39. The van der Waals surface area contributed by atoms with Gasteiger partial charge in [-0.25, -0.2) is 4.79 Å². The van der Waals surface area contributed by atoms with Crippen LogP contribution in [0, 0.1) is 0 Å². The molecule has 6 nitrogen and oxygen atoms in total. The van der Waals surface area contributed by atoms with E-state index in [1.54, 1.807) is 0 Å². The van der Waals surface area contributed by atoms with Crippen molar-refractivity contribution in [3.63, 3.8) is 0 Å². The average Bonchev–Trinajstić information content (AvgIpc) is 2.46. The normalized spacial score (nSPS) is 22.3. The van der Waals surface area contributed by atoms with Crippen molar-refractivity contribution < 1.29 is 19.4 Å². The Labute approximate surface area is 107 Å². The predicted molar refractivity (Wildman–Crippen MR) is 65.4 cm³/mol. The Balaban J connectivity index is 1.73. The van der Waals surface area contributed by atoms with Crippen LogP contribution >= 0.6 is 0 Å². The largest absolute Gasteiger partial charge is 0.394 e. The third-order valence-electron chi connectivity index (χ3n) is 3.44. The molecule has 0 aliphatic carbocycles. The number of aliphatic hydroxyl groups is 1. The van der Waals surface area contributed by atoms with Crippen LogP contribution in [0.25, 0.3) is 0 Å². The number of carbonyl (C=O) groups is 1. The standard InChI is InChI=1S/C12H22N2O4/c15-7-10-18-11-1-3-13(4-2-11)12(16)14-5-8-17-9-6-14/h11,15H,1-10H2. The first-order valence-electron chi connectivity index (χ1n) is 6.65. The van der Waals surface area contributed by atoms with Crippen molar-refractivity contribution in [2.75, 3.05) is 52.6 Å². The van der Waals surface area contributed by atoms with Gasteiger partial charge in [0.25, 0.3) is 0 Å². The summed E-state index contributed by atoms with van der Waals surface area (Å²) in [6, 6.07) is 0.124. The third kappa shape index (κ3) is 3.57. The van der Waals surface area contributed by atoms with E-state index in [0.717, 1.165) is 25.9 Å². The van der Waals surface area contributed by atoms with E-state index in [9.17, 15) is 4.79 Å². The maximum Gasteiger partial charge on any atom is 0.320 e. The number of amides is 2. The highest BCUT2D eigenvalue weighted by molar-refractivity contribution is 5.74. The predicted octanol–water partition coefficient (Wildman–Crippen LogP) is -0.0881. The van der Waals surface area contributed by atoms with E-state index >= 15 is 0 Å². The van der Waals surface area contributed by atoms with Gasteiger partial charge in [-0.2, -0.15) is 0 Å². The number of nitrogens with zero attached hydrogens (tertiary/aromatic N) is 2. The van der Waals surface area contributed by atoms with E-state index < -0.39 is 0 Å². The molecular formula is C12H22N2O4. The minimum absolute atomic E-state index is 0.0624.